The van der Waals surface area contributed by atoms with Crippen LogP contribution in [0.15, 0.2) is 30.5 Å². The number of likely N-dealkylation sites (N-methyl/N-ethyl adjacent to an activating group) is 1. The highest BCUT2D eigenvalue weighted by atomic mass is 16.1. The van der Waals surface area contributed by atoms with Crippen LogP contribution in [0.3, 0.4) is 0 Å². The molecule has 0 saturated carbocycles. The van der Waals surface area contributed by atoms with Crippen LogP contribution >= 0.6 is 0 Å². The molecule has 1 aromatic heterocycles. The van der Waals surface area contributed by atoms with Crippen LogP contribution in [-0.2, 0) is 0 Å². The molecule has 0 bridgehead atoms. The predicted octanol–water partition coefficient (Wildman–Crippen LogP) is 2.63. The van der Waals surface area contributed by atoms with Gasteiger partial charge in [-0.3, -0.25) is 4.79 Å². The van der Waals surface area contributed by atoms with E-state index in [1.165, 1.54) is 0 Å². The Balaban J connectivity index is 1.94. The molecule has 1 unspecified atom stereocenters. The number of fused-ring (bicyclic) bond motifs is 1. The third-order valence-corrected chi connectivity index (χ3v) is 3.93. The van der Waals surface area contributed by atoms with Crippen LogP contribution < -0.4 is 5.32 Å². The molecule has 0 aliphatic carbocycles. The zero-order valence-corrected chi connectivity index (χ0v) is 12.4. The third-order valence-electron chi connectivity index (χ3n) is 3.93. The highest BCUT2D eigenvalue weighted by molar-refractivity contribution is 6.06. The van der Waals surface area contributed by atoms with Crippen molar-refractivity contribution in [1.82, 2.24) is 15.2 Å². The normalized spacial score (nSPS) is 12.8. The fourth-order valence-electron chi connectivity index (χ4n) is 2.26. The Bertz CT molecular complexity index is 576. The summed E-state index contributed by atoms with van der Waals surface area (Å²) >= 11 is 0. The fourth-order valence-corrected chi connectivity index (χ4v) is 2.26. The molecule has 1 heterocycles. The second-order valence-corrected chi connectivity index (χ2v) is 5.24. The topological polar surface area (TPSA) is 48.1 Å². The zero-order chi connectivity index (χ0) is 14.5. The number of nitrogens with one attached hydrogen (secondary N) is 2. The van der Waals surface area contributed by atoms with E-state index in [4.69, 9.17) is 0 Å². The van der Waals surface area contributed by atoms with Crippen molar-refractivity contribution in [1.29, 1.82) is 0 Å². The minimum absolute atomic E-state index is 0.00671. The van der Waals surface area contributed by atoms with E-state index in [0.717, 1.165) is 29.4 Å². The first kappa shape index (κ1) is 14.6. The van der Waals surface area contributed by atoms with Gasteiger partial charge in [0.05, 0.1) is 0 Å². The molecular weight excluding hydrogens is 250 g/mol. The minimum atomic E-state index is -0.00671. The van der Waals surface area contributed by atoms with Crippen LogP contribution in [0.5, 0.6) is 0 Å². The van der Waals surface area contributed by atoms with E-state index >= 15 is 0 Å². The molecule has 2 rings (SSSR count). The van der Waals surface area contributed by atoms with Gasteiger partial charge in [0.1, 0.15) is 0 Å². The highest BCUT2D eigenvalue weighted by Crippen LogP contribution is 2.16. The molecule has 1 atom stereocenters. The van der Waals surface area contributed by atoms with Crippen molar-refractivity contribution >= 4 is 16.8 Å². The number of carbonyl (C=O) groups is 1. The molecule has 0 saturated heterocycles. The van der Waals surface area contributed by atoms with Crippen LogP contribution in [0.1, 0.15) is 30.6 Å². The van der Waals surface area contributed by atoms with E-state index in [0.29, 0.717) is 12.6 Å². The van der Waals surface area contributed by atoms with Crippen molar-refractivity contribution < 1.29 is 4.79 Å². The second kappa shape index (κ2) is 6.57. The van der Waals surface area contributed by atoms with Crippen molar-refractivity contribution in [2.24, 2.45) is 0 Å². The zero-order valence-electron chi connectivity index (χ0n) is 12.4. The number of aromatic amines is 1. The molecular formula is C16H23N3O. The number of hydrogen-bond acceptors (Lipinski definition) is 2. The molecule has 0 radical (unpaired) electrons. The van der Waals surface area contributed by atoms with Crippen LogP contribution in [0.2, 0.25) is 0 Å². The molecule has 0 fully saturated rings. The lowest BCUT2D eigenvalue weighted by Crippen LogP contribution is -2.37. The monoisotopic (exact) mass is 273 g/mol. The molecule has 0 aliphatic heterocycles. The Morgan fingerprint density at radius 1 is 1.40 bits per heavy atom. The highest BCUT2D eigenvalue weighted by Gasteiger charge is 2.11. The van der Waals surface area contributed by atoms with Gasteiger partial charge in [-0.25, -0.2) is 0 Å². The van der Waals surface area contributed by atoms with Gasteiger partial charge < -0.3 is 15.2 Å². The average molecular weight is 273 g/mol. The average Bonchev–Trinajstić information content (AvgIpc) is 2.94. The Morgan fingerprint density at radius 3 is 2.95 bits per heavy atom. The maximum absolute atomic E-state index is 12.2. The summed E-state index contributed by atoms with van der Waals surface area (Å²) in [5.41, 5.74) is 1.73. The van der Waals surface area contributed by atoms with Gasteiger partial charge in [-0.05, 0) is 38.6 Å². The van der Waals surface area contributed by atoms with Gasteiger partial charge >= 0.3 is 0 Å². The van der Waals surface area contributed by atoms with Crippen LogP contribution in [0.25, 0.3) is 10.9 Å². The van der Waals surface area contributed by atoms with Crippen molar-refractivity contribution in [3.05, 3.63) is 36.0 Å². The summed E-state index contributed by atoms with van der Waals surface area (Å²) in [6.07, 6.45) is 2.98. The van der Waals surface area contributed by atoms with E-state index in [1.54, 1.807) is 0 Å². The van der Waals surface area contributed by atoms with Crippen LogP contribution in [0, 0.1) is 0 Å². The van der Waals surface area contributed by atoms with Crippen molar-refractivity contribution in [3.63, 3.8) is 0 Å². The Morgan fingerprint density at radius 2 is 2.20 bits per heavy atom. The van der Waals surface area contributed by atoms with Crippen LogP contribution in [0.4, 0.5) is 0 Å². The maximum Gasteiger partial charge on any atom is 0.252 e. The van der Waals surface area contributed by atoms with Gasteiger partial charge in [-0.2, -0.15) is 0 Å². The van der Waals surface area contributed by atoms with Gasteiger partial charge in [-0.1, -0.05) is 13.0 Å². The number of hydrogen-bond donors (Lipinski definition) is 2. The van der Waals surface area contributed by atoms with Crippen molar-refractivity contribution in [3.8, 4) is 0 Å². The minimum Gasteiger partial charge on any atom is -0.361 e. The maximum atomic E-state index is 12.2. The number of H-pyrrole nitrogens is 1. The van der Waals surface area contributed by atoms with Gasteiger partial charge in [0.25, 0.3) is 5.91 Å². The predicted molar refractivity (Wildman–Crippen MR) is 83.0 cm³/mol. The first-order valence-corrected chi connectivity index (χ1v) is 7.18. The molecule has 1 aromatic carbocycles. The lowest BCUT2D eigenvalue weighted by molar-refractivity contribution is 0.0949. The molecule has 2 aromatic rings. The largest absolute Gasteiger partial charge is 0.361 e. The number of benzene rings is 1. The third kappa shape index (κ3) is 3.20. The lowest BCUT2D eigenvalue weighted by Gasteiger charge is -2.23. The smallest absolute Gasteiger partial charge is 0.252 e. The summed E-state index contributed by atoms with van der Waals surface area (Å²) in [7, 11) is 2.09. The van der Waals surface area contributed by atoms with E-state index in [1.807, 2.05) is 30.5 Å². The van der Waals surface area contributed by atoms with Gasteiger partial charge in [0, 0.05) is 41.8 Å². The quantitative estimate of drug-likeness (QED) is 0.850. The van der Waals surface area contributed by atoms with E-state index < -0.39 is 0 Å². The number of aromatic nitrogens is 1. The molecule has 108 valence electrons. The fraction of sp³-hybridized carbons (Fsp3) is 0.438. The number of amides is 1. The Labute approximate surface area is 120 Å². The van der Waals surface area contributed by atoms with E-state index in [-0.39, 0.29) is 5.91 Å². The van der Waals surface area contributed by atoms with Crippen molar-refractivity contribution in [2.45, 2.75) is 26.3 Å². The number of nitrogens with zero attached hydrogens (tertiary/aromatic N) is 1. The van der Waals surface area contributed by atoms with E-state index in [9.17, 15) is 4.79 Å². The lowest BCUT2D eigenvalue weighted by atomic mass is 10.1. The first-order valence-electron chi connectivity index (χ1n) is 7.18. The number of carbonyl (C=O) groups excluding carboxylic acids is 1. The van der Waals surface area contributed by atoms with E-state index in [2.05, 4.69) is 36.1 Å². The molecule has 4 nitrogen and oxygen atoms in total. The summed E-state index contributed by atoms with van der Waals surface area (Å²) in [6, 6.07) is 8.22. The molecule has 20 heavy (non-hydrogen) atoms. The summed E-state index contributed by atoms with van der Waals surface area (Å²) < 4.78 is 0. The first-order chi connectivity index (χ1) is 9.63. The Hall–Kier alpha value is -1.81. The summed E-state index contributed by atoms with van der Waals surface area (Å²) in [5.74, 6) is -0.00671. The molecule has 4 heteroatoms. The Kier molecular flexibility index (Phi) is 4.79. The summed E-state index contributed by atoms with van der Waals surface area (Å²) in [5, 5.41) is 3.97. The molecule has 1 amide bonds. The van der Waals surface area contributed by atoms with Crippen molar-refractivity contribution in [2.75, 3.05) is 20.1 Å². The summed E-state index contributed by atoms with van der Waals surface area (Å²) in [4.78, 5) is 17.6. The second-order valence-electron chi connectivity index (χ2n) is 5.24. The van der Waals surface area contributed by atoms with Gasteiger partial charge in [-0.15, -0.1) is 0 Å². The van der Waals surface area contributed by atoms with Gasteiger partial charge in [0.2, 0.25) is 0 Å². The number of rotatable bonds is 6. The molecule has 0 aliphatic rings. The van der Waals surface area contributed by atoms with Crippen LogP contribution in [-0.4, -0.2) is 42.0 Å². The molecule has 0 spiro atoms. The SMILES string of the molecule is CCC(C)N(C)CCNC(=O)c1cccc2[nH]ccc12. The van der Waals surface area contributed by atoms with Gasteiger partial charge in [0.15, 0.2) is 0 Å². The molecule has 2 N–H and O–H groups in total. The standard InChI is InChI=1S/C16H23N3O/c1-4-12(2)19(3)11-10-18-16(20)14-6-5-7-15-13(14)8-9-17-15/h5-9,12,17H,4,10-11H2,1-3H3,(H,18,20). The summed E-state index contributed by atoms with van der Waals surface area (Å²) in [6.45, 7) is 5.90.